The molecule has 0 aliphatic carbocycles. The zero-order valence-electron chi connectivity index (χ0n) is 8.68. The van der Waals surface area contributed by atoms with Crippen LogP contribution in [0.1, 0.15) is 10.4 Å². The molecule has 0 bridgehead atoms. The Balaban J connectivity index is 2.51. The average Bonchev–Trinajstić information content (AvgIpc) is 2.74. The maximum absolute atomic E-state index is 11.9. The maximum atomic E-state index is 11.9. The number of hydrogen-bond donors (Lipinski definition) is 0. The quantitative estimate of drug-likeness (QED) is 0.696. The third-order valence-electron chi connectivity index (χ3n) is 2.35. The average molecular weight is 204 g/mol. The van der Waals surface area contributed by atoms with Crippen molar-refractivity contribution in [2.24, 2.45) is 0 Å². The minimum Gasteiger partial charge on any atom is -0.323 e. The number of hydrogen-bond acceptors (Lipinski definition) is 2. The SMILES string of the molecule is CON(C)C(=O)c1cccn2cccc12. The van der Waals surface area contributed by atoms with Crippen LogP contribution in [0.25, 0.3) is 5.52 Å². The summed E-state index contributed by atoms with van der Waals surface area (Å²) < 4.78 is 1.90. The highest BCUT2D eigenvalue weighted by Gasteiger charge is 2.14. The van der Waals surface area contributed by atoms with Gasteiger partial charge in [-0.25, -0.2) is 5.06 Å². The summed E-state index contributed by atoms with van der Waals surface area (Å²) in [5, 5.41) is 1.21. The van der Waals surface area contributed by atoms with Crippen molar-refractivity contribution < 1.29 is 9.63 Å². The van der Waals surface area contributed by atoms with Crippen molar-refractivity contribution in [3.63, 3.8) is 0 Å². The van der Waals surface area contributed by atoms with E-state index in [0.29, 0.717) is 5.56 Å². The summed E-state index contributed by atoms with van der Waals surface area (Å²) in [7, 11) is 3.06. The molecule has 0 saturated carbocycles. The van der Waals surface area contributed by atoms with Gasteiger partial charge in [-0.3, -0.25) is 9.63 Å². The highest BCUT2D eigenvalue weighted by atomic mass is 16.7. The van der Waals surface area contributed by atoms with E-state index in [0.717, 1.165) is 5.52 Å². The van der Waals surface area contributed by atoms with Gasteiger partial charge in [-0.1, -0.05) is 0 Å². The van der Waals surface area contributed by atoms with Crippen molar-refractivity contribution in [1.82, 2.24) is 9.46 Å². The molecule has 78 valence electrons. The van der Waals surface area contributed by atoms with Gasteiger partial charge in [-0.2, -0.15) is 0 Å². The lowest BCUT2D eigenvalue weighted by atomic mass is 10.2. The molecule has 1 amide bonds. The summed E-state index contributed by atoms with van der Waals surface area (Å²) in [5.41, 5.74) is 1.51. The van der Waals surface area contributed by atoms with Gasteiger partial charge in [0, 0.05) is 19.4 Å². The van der Waals surface area contributed by atoms with Crippen molar-refractivity contribution >= 4 is 11.4 Å². The second-order valence-electron chi connectivity index (χ2n) is 3.21. The van der Waals surface area contributed by atoms with E-state index < -0.39 is 0 Å². The van der Waals surface area contributed by atoms with Gasteiger partial charge in [0.15, 0.2) is 0 Å². The van der Waals surface area contributed by atoms with Crippen molar-refractivity contribution in [3.8, 4) is 0 Å². The fourth-order valence-corrected chi connectivity index (χ4v) is 1.50. The minimum atomic E-state index is -0.151. The van der Waals surface area contributed by atoms with Crippen molar-refractivity contribution in [2.45, 2.75) is 0 Å². The molecular formula is C11H12N2O2. The maximum Gasteiger partial charge on any atom is 0.279 e. The van der Waals surface area contributed by atoms with Crippen LogP contribution in [0, 0.1) is 0 Å². The number of carbonyl (C=O) groups is 1. The molecule has 0 aliphatic rings. The van der Waals surface area contributed by atoms with Gasteiger partial charge in [-0.15, -0.1) is 0 Å². The molecule has 2 heterocycles. The molecule has 0 spiro atoms. The molecule has 0 aliphatic heterocycles. The molecule has 0 fully saturated rings. The lowest BCUT2D eigenvalue weighted by Crippen LogP contribution is -2.25. The summed E-state index contributed by atoms with van der Waals surface area (Å²) in [6, 6.07) is 7.42. The normalized spacial score (nSPS) is 10.5. The third kappa shape index (κ3) is 1.59. The predicted molar refractivity (Wildman–Crippen MR) is 56.5 cm³/mol. The Morgan fingerprint density at radius 1 is 1.33 bits per heavy atom. The van der Waals surface area contributed by atoms with E-state index in [1.54, 1.807) is 13.1 Å². The molecular weight excluding hydrogens is 192 g/mol. The van der Waals surface area contributed by atoms with Gasteiger partial charge in [0.2, 0.25) is 0 Å². The number of nitrogens with zero attached hydrogens (tertiary/aromatic N) is 2. The Morgan fingerprint density at radius 3 is 2.67 bits per heavy atom. The first-order chi connectivity index (χ1) is 7.24. The van der Waals surface area contributed by atoms with Gasteiger partial charge in [0.05, 0.1) is 18.2 Å². The Kier molecular flexibility index (Phi) is 2.43. The molecule has 0 radical (unpaired) electrons. The van der Waals surface area contributed by atoms with Crippen molar-refractivity contribution in [1.29, 1.82) is 0 Å². The monoisotopic (exact) mass is 204 g/mol. The summed E-state index contributed by atoms with van der Waals surface area (Å²) >= 11 is 0. The third-order valence-corrected chi connectivity index (χ3v) is 2.35. The zero-order chi connectivity index (χ0) is 10.8. The summed E-state index contributed by atoms with van der Waals surface area (Å²) in [4.78, 5) is 16.7. The molecule has 0 aromatic carbocycles. The van der Waals surface area contributed by atoms with Crippen molar-refractivity contribution in [2.75, 3.05) is 14.2 Å². The van der Waals surface area contributed by atoms with Crippen LogP contribution >= 0.6 is 0 Å². The second kappa shape index (κ2) is 3.74. The van der Waals surface area contributed by atoms with Gasteiger partial charge in [0.1, 0.15) is 0 Å². The Morgan fingerprint density at radius 2 is 2.00 bits per heavy atom. The fraction of sp³-hybridized carbons (Fsp3) is 0.182. The van der Waals surface area contributed by atoms with Crippen LogP contribution in [0.4, 0.5) is 0 Å². The first kappa shape index (κ1) is 9.73. The number of amides is 1. The lowest BCUT2D eigenvalue weighted by Gasteiger charge is -2.14. The molecule has 2 aromatic rings. The minimum absolute atomic E-state index is 0.151. The Hall–Kier alpha value is -1.81. The Labute approximate surface area is 87.6 Å². The fourth-order valence-electron chi connectivity index (χ4n) is 1.50. The van der Waals surface area contributed by atoms with E-state index in [1.807, 2.05) is 35.0 Å². The molecule has 0 N–H and O–H groups in total. The van der Waals surface area contributed by atoms with Crippen molar-refractivity contribution in [3.05, 3.63) is 42.2 Å². The van der Waals surface area contributed by atoms with Gasteiger partial charge in [0.25, 0.3) is 5.91 Å². The first-order valence-corrected chi connectivity index (χ1v) is 4.62. The number of fused-ring (bicyclic) bond motifs is 1. The summed E-state index contributed by atoms with van der Waals surface area (Å²) in [6.07, 6.45) is 3.80. The van der Waals surface area contributed by atoms with Crippen LogP contribution in [0.15, 0.2) is 36.7 Å². The molecule has 2 rings (SSSR count). The molecule has 15 heavy (non-hydrogen) atoms. The first-order valence-electron chi connectivity index (χ1n) is 4.62. The van der Waals surface area contributed by atoms with Crippen LogP contribution in [0.3, 0.4) is 0 Å². The van der Waals surface area contributed by atoms with Crippen LogP contribution in [-0.4, -0.2) is 29.5 Å². The highest BCUT2D eigenvalue weighted by molar-refractivity contribution is 6.00. The highest BCUT2D eigenvalue weighted by Crippen LogP contribution is 2.13. The van der Waals surface area contributed by atoms with E-state index >= 15 is 0 Å². The largest absolute Gasteiger partial charge is 0.323 e. The van der Waals surface area contributed by atoms with Gasteiger partial charge < -0.3 is 4.40 Å². The number of carbonyl (C=O) groups excluding carboxylic acids is 1. The Bertz CT molecular complexity index is 490. The van der Waals surface area contributed by atoms with E-state index in [4.69, 9.17) is 4.84 Å². The van der Waals surface area contributed by atoms with E-state index in [2.05, 4.69) is 0 Å². The molecule has 0 atom stereocenters. The van der Waals surface area contributed by atoms with E-state index in [9.17, 15) is 4.79 Å². The number of aromatic nitrogens is 1. The standard InChI is InChI=1S/C11H12N2O2/c1-12(15-2)11(14)9-5-3-7-13-8-4-6-10(9)13/h3-8H,1-2H3. The molecule has 4 nitrogen and oxygen atoms in total. The predicted octanol–water partition coefficient (Wildman–Crippen LogP) is 1.57. The second-order valence-corrected chi connectivity index (χ2v) is 3.21. The van der Waals surface area contributed by atoms with Crippen LogP contribution in [0.5, 0.6) is 0 Å². The van der Waals surface area contributed by atoms with E-state index in [1.165, 1.54) is 12.2 Å². The molecule has 4 heteroatoms. The molecule has 0 saturated heterocycles. The molecule has 2 aromatic heterocycles. The smallest absolute Gasteiger partial charge is 0.279 e. The van der Waals surface area contributed by atoms with Crippen LogP contribution in [-0.2, 0) is 4.84 Å². The molecule has 0 unspecified atom stereocenters. The van der Waals surface area contributed by atoms with Crippen LogP contribution in [0.2, 0.25) is 0 Å². The van der Waals surface area contributed by atoms with Gasteiger partial charge in [-0.05, 0) is 24.3 Å². The topological polar surface area (TPSA) is 34.0 Å². The summed E-state index contributed by atoms with van der Waals surface area (Å²) in [6.45, 7) is 0. The number of hydroxylamine groups is 2. The zero-order valence-corrected chi connectivity index (χ0v) is 8.68. The number of pyridine rings is 1. The van der Waals surface area contributed by atoms with E-state index in [-0.39, 0.29) is 5.91 Å². The lowest BCUT2D eigenvalue weighted by molar-refractivity contribution is -0.0755. The van der Waals surface area contributed by atoms with Crippen LogP contribution < -0.4 is 0 Å². The summed E-state index contributed by atoms with van der Waals surface area (Å²) in [5.74, 6) is -0.151. The van der Waals surface area contributed by atoms with Gasteiger partial charge >= 0.3 is 0 Å². The number of rotatable bonds is 2.